The zero-order valence-electron chi connectivity index (χ0n) is 13.1. The van der Waals surface area contributed by atoms with Crippen LogP contribution in [0, 0.1) is 11.3 Å². The zero-order chi connectivity index (χ0) is 13.5. The lowest BCUT2D eigenvalue weighted by atomic mass is 9.95. The van der Waals surface area contributed by atoms with Crippen molar-refractivity contribution in [1.82, 2.24) is 10.2 Å². The van der Waals surface area contributed by atoms with Crippen molar-refractivity contribution in [3.63, 3.8) is 0 Å². The first kappa shape index (κ1) is 16.9. The van der Waals surface area contributed by atoms with E-state index in [9.17, 15) is 0 Å². The summed E-state index contributed by atoms with van der Waals surface area (Å²) in [6.45, 7) is 17.3. The van der Waals surface area contributed by atoms with Crippen LogP contribution >= 0.6 is 0 Å². The van der Waals surface area contributed by atoms with Gasteiger partial charge in [-0.25, -0.2) is 0 Å². The van der Waals surface area contributed by atoms with Crippen molar-refractivity contribution in [2.45, 2.75) is 60.4 Å². The highest BCUT2D eigenvalue weighted by Crippen LogP contribution is 2.16. The molecule has 0 amide bonds. The minimum Gasteiger partial charge on any atom is -0.316 e. The second-order valence-electron chi connectivity index (χ2n) is 7.06. The van der Waals surface area contributed by atoms with Gasteiger partial charge in [-0.05, 0) is 51.2 Å². The summed E-state index contributed by atoms with van der Waals surface area (Å²) in [5, 5.41) is 3.51. The largest absolute Gasteiger partial charge is 0.316 e. The van der Waals surface area contributed by atoms with Crippen molar-refractivity contribution < 1.29 is 0 Å². The first-order valence-electron chi connectivity index (χ1n) is 7.13. The van der Waals surface area contributed by atoms with Crippen molar-refractivity contribution in [2.75, 3.05) is 26.7 Å². The molecule has 0 aliphatic carbocycles. The summed E-state index contributed by atoms with van der Waals surface area (Å²) in [7, 11) is 2.25. The molecule has 0 aliphatic rings. The maximum Gasteiger partial charge on any atom is 0.00645 e. The molecule has 1 unspecified atom stereocenters. The van der Waals surface area contributed by atoms with Gasteiger partial charge in [0.2, 0.25) is 0 Å². The monoisotopic (exact) mass is 242 g/mol. The van der Waals surface area contributed by atoms with Gasteiger partial charge in [0.25, 0.3) is 0 Å². The van der Waals surface area contributed by atoms with Crippen molar-refractivity contribution >= 4 is 0 Å². The van der Waals surface area contributed by atoms with E-state index in [-0.39, 0.29) is 0 Å². The van der Waals surface area contributed by atoms with Gasteiger partial charge in [0.05, 0.1) is 0 Å². The quantitative estimate of drug-likeness (QED) is 0.657. The average molecular weight is 242 g/mol. The van der Waals surface area contributed by atoms with E-state index in [0.29, 0.717) is 11.5 Å². The Morgan fingerprint density at radius 1 is 1.12 bits per heavy atom. The van der Waals surface area contributed by atoms with Crippen LogP contribution < -0.4 is 5.32 Å². The molecule has 0 aliphatic heterocycles. The fourth-order valence-corrected chi connectivity index (χ4v) is 2.04. The normalized spacial score (nSPS) is 14.6. The summed E-state index contributed by atoms with van der Waals surface area (Å²) in [6, 6.07) is 0.690. The van der Waals surface area contributed by atoms with Gasteiger partial charge in [-0.3, -0.25) is 0 Å². The summed E-state index contributed by atoms with van der Waals surface area (Å²) >= 11 is 0. The highest BCUT2D eigenvalue weighted by molar-refractivity contribution is 4.71. The molecule has 1 N–H and O–H groups in total. The molecule has 0 heterocycles. The summed E-state index contributed by atoms with van der Waals surface area (Å²) in [6.07, 6.45) is 2.57. The third kappa shape index (κ3) is 10.8. The molecule has 0 aromatic rings. The molecule has 17 heavy (non-hydrogen) atoms. The van der Waals surface area contributed by atoms with Crippen LogP contribution in [0.5, 0.6) is 0 Å². The van der Waals surface area contributed by atoms with Crippen LogP contribution in [0.15, 0.2) is 0 Å². The summed E-state index contributed by atoms with van der Waals surface area (Å²) in [5.74, 6) is 0.760. The van der Waals surface area contributed by atoms with Gasteiger partial charge in [-0.1, -0.05) is 34.6 Å². The molecule has 104 valence electrons. The smallest absolute Gasteiger partial charge is 0.00645 e. The minimum absolute atomic E-state index is 0.402. The molecule has 1 atom stereocenters. The Morgan fingerprint density at radius 3 is 2.18 bits per heavy atom. The summed E-state index contributed by atoms with van der Waals surface area (Å²) in [4.78, 5) is 2.49. The van der Waals surface area contributed by atoms with Crippen molar-refractivity contribution in [3.8, 4) is 0 Å². The van der Waals surface area contributed by atoms with Crippen molar-refractivity contribution in [2.24, 2.45) is 11.3 Å². The lowest BCUT2D eigenvalue weighted by Gasteiger charge is -2.31. The lowest BCUT2D eigenvalue weighted by Crippen LogP contribution is -2.36. The molecule has 0 aromatic carbocycles. The molecule has 0 saturated carbocycles. The van der Waals surface area contributed by atoms with E-state index in [4.69, 9.17) is 0 Å². The number of nitrogens with one attached hydrogen (secondary N) is 1. The Hall–Kier alpha value is -0.0800. The van der Waals surface area contributed by atoms with Crippen molar-refractivity contribution in [1.29, 1.82) is 0 Å². The fourth-order valence-electron chi connectivity index (χ4n) is 2.04. The SMILES string of the molecule is CC(C)CNCCCC(C)N(C)CC(C)(C)C. The maximum atomic E-state index is 3.51. The third-order valence-electron chi connectivity index (χ3n) is 3.00. The minimum atomic E-state index is 0.402. The third-order valence-corrected chi connectivity index (χ3v) is 3.00. The summed E-state index contributed by atoms with van der Waals surface area (Å²) in [5.41, 5.74) is 0.402. The molecule has 2 heteroatoms. The van der Waals surface area contributed by atoms with Gasteiger partial charge in [-0.15, -0.1) is 0 Å². The van der Waals surface area contributed by atoms with Gasteiger partial charge in [0, 0.05) is 12.6 Å². The van der Waals surface area contributed by atoms with Gasteiger partial charge in [-0.2, -0.15) is 0 Å². The van der Waals surface area contributed by atoms with Gasteiger partial charge in [0.1, 0.15) is 0 Å². The highest BCUT2D eigenvalue weighted by atomic mass is 15.1. The number of hydrogen-bond acceptors (Lipinski definition) is 2. The number of nitrogens with zero attached hydrogens (tertiary/aromatic N) is 1. The van der Waals surface area contributed by atoms with Crippen LogP contribution in [0.2, 0.25) is 0 Å². The molecule has 0 spiro atoms. The molecule has 2 nitrogen and oxygen atoms in total. The van der Waals surface area contributed by atoms with E-state index in [0.717, 1.165) is 19.0 Å². The molecule has 0 fully saturated rings. The Kier molecular flexibility index (Phi) is 8.06. The van der Waals surface area contributed by atoms with Crippen LogP contribution in [-0.4, -0.2) is 37.6 Å². The van der Waals surface area contributed by atoms with Gasteiger partial charge in [0.15, 0.2) is 0 Å². The molecule has 0 saturated heterocycles. The zero-order valence-corrected chi connectivity index (χ0v) is 13.1. The Bertz CT molecular complexity index is 182. The second-order valence-corrected chi connectivity index (χ2v) is 7.06. The molecular weight excluding hydrogens is 208 g/mol. The van der Waals surface area contributed by atoms with Crippen LogP contribution in [-0.2, 0) is 0 Å². The lowest BCUT2D eigenvalue weighted by molar-refractivity contribution is 0.173. The average Bonchev–Trinajstić information content (AvgIpc) is 2.13. The Balaban J connectivity index is 3.61. The highest BCUT2D eigenvalue weighted by Gasteiger charge is 2.17. The standard InChI is InChI=1S/C15H34N2/c1-13(2)11-16-10-8-9-14(3)17(7)12-15(4,5)6/h13-14,16H,8-12H2,1-7H3. The number of hydrogen-bond donors (Lipinski definition) is 1. The van der Waals surface area contributed by atoms with E-state index in [1.165, 1.54) is 19.4 Å². The Labute approximate surface area is 109 Å². The van der Waals surface area contributed by atoms with Crippen LogP contribution in [0.4, 0.5) is 0 Å². The van der Waals surface area contributed by atoms with Crippen LogP contribution in [0.1, 0.15) is 54.4 Å². The molecule has 0 radical (unpaired) electrons. The van der Waals surface area contributed by atoms with Crippen molar-refractivity contribution in [3.05, 3.63) is 0 Å². The fraction of sp³-hybridized carbons (Fsp3) is 1.00. The topological polar surface area (TPSA) is 15.3 Å². The predicted octanol–water partition coefficient (Wildman–Crippen LogP) is 3.38. The van der Waals surface area contributed by atoms with Gasteiger partial charge >= 0.3 is 0 Å². The van der Waals surface area contributed by atoms with E-state index in [1.807, 2.05) is 0 Å². The van der Waals surface area contributed by atoms with E-state index < -0.39 is 0 Å². The molecular formula is C15H34N2. The van der Waals surface area contributed by atoms with Crippen LogP contribution in [0.3, 0.4) is 0 Å². The Morgan fingerprint density at radius 2 is 1.71 bits per heavy atom. The van der Waals surface area contributed by atoms with E-state index >= 15 is 0 Å². The van der Waals surface area contributed by atoms with Crippen LogP contribution in [0.25, 0.3) is 0 Å². The predicted molar refractivity (Wildman–Crippen MR) is 78.5 cm³/mol. The maximum absolute atomic E-state index is 3.51. The second kappa shape index (κ2) is 8.10. The van der Waals surface area contributed by atoms with Gasteiger partial charge < -0.3 is 10.2 Å². The van der Waals surface area contributed by atoms with E-state index in [2.05, 4.69) is 58.8 Å². The molecule has 0 rings (SSSR count). The van der Waals surface area contributed by atoms with E-state index in [1.54, 1.807) is 0 Å². The first-order chi connectivity index (χ1) is 7.72. The number of rotatable bonds is 8. The molecule has 0 aromatic heterocycles. The summed E-state index contributed by atoms with van der Waals surface area (Å²) < 4.78 is 0. The molecule has 0 bridgehead atoms. The first-order valence-corrected chi connectivity index (χ1v) is 7.13.